The van der Waals surface area contributed by atoms with E-state index in [1.54, 1.807) is 14.1 Å². The summed E-state index contributed by atoms with van der Waals surface area (Å²) >= 11 is 0. The summed E-state index contributed by atoms with van der Waals surface area (Å²) in [5, 5.41) is 0. The van der Waals surface area contributed by atoms with Crippen molar-refractivity contribution in [3.63, 3.8) is 0 Å². The molecule has 0 atom stereocenters. The van der Waals surface area contributed by atoms with Crippen molar-refractivity contribution in [2.24, 2.45) is 9.49 Å². The summed E-state index contributed by atoms with van der Waals surface area (Å²) < 4.78 is 32.7. The molecule has 0 unspecified atom stereocenters. The minimum absolute atomic E-state index is 0.791. The molecule has 0 bridgehead atoms. The number of nitrogens with zero attached hydrogens (tertiary/aromatic N) is 2. The van der Waals surface area contributed by atoms with Crippen molar-refractivity contribution in [3.8, 4) is 23.0 Å². The van der Waals surface area contributed by atoms with Crippen LogP contribution in [-0.2, 0) is 0 Å². The monoisotopic (exact) mass is 638 g/mol. The SMILES string of the molecule is CC.CC.CN=P(C)(Oc1cccc(C)c1)Oc1cccc(C)c1.CN=P(C)(Oc1cccc(C)c1)Oc1cccc(C)c1. The predicted molar refractivity (Wildman–Crippen MR) is 192 cm³/mol. The number of hydrogen-bond acceptors (Lipinski definition) is 6. The Kier molecular flexibility index (Phi) is 17.3. The normalized spacial score (nSPS) is 10.3. The van der Waals surface area contributed by atoms with Gasteiger partial charge in [0.2, 0.25) is 0 Å². The van der Waals surface area contributed by atoms with Gasteiger partial charge < -0.3 is 18.1 Å². The lowest BCUT2D eigenvalue weighted by Crippen LogP contribution is -2.00. The maximum atomic E-state index is 6.00. The average Bonchev–Trinajstić information content (AvgIpc) is 2.99. The molecule has 4 aromatic rings. The molecule has 240 valence electrons. The lowest BCUT2D eigenvalue weighted by atomic mass is 10.2. The molecule has 44 heavy (non-hydrogen) atoms. The zero-order valence-corrected chi connectivity index (χ0v) is 30.4. The van der Waals surface area contributed by atoms with Gasteiger partial charge in [0, 0.05) is 27.4 Å². The second kappa shape index (κ2) is 19.7. The van der Waals surface area contributed by atoms with Crippen LogP contribution in [0, 0.1) is 27.7 Å². The van der Waals surface area contributed by atoms with Crippen molar-refractivity contribution in [1.29, 1.82) is 0 Å². The Morgan fingerprint density at radius 2 is 0.614 bits per heavy atom. The Morgan fingerprint density at radius 1 is 0.409 bits per heavy atom. The molecule has 0 spiro atoms. The number of aryl methyl sites for hydroxylation is 4. The molecule has 4 rings (SSSR count). The molecule has 0 aliphatic carbocycles. The van der Waals surface area contributed by atoms with Crippen LogP contribution < -0.4 is 18.1 Å². The van der Waals surface area contributed by atoms with E-state index in [9.17, 15) is 0 Å². The van der Waals surface area contributed by atoms with Gasteiger partial charge in [-0.25, -0.2) is 9.49 Å². The second-order valence-corrected chi connectivity index (χ2v) is 14.4. The highest BCUT2D eigenvalue weighted by molar-refractivity contribution is 7.56. The topological polar surface area (TPSA) is 61.6 Å². The highest BCUT2D eigenvalue weighted by atomic mass is 31.2. The quantitative estimate of drug-likeness (QED) is 0.180. The van der Waals surface area contributed by atoms with Gasteiger partial charge in [-0.2, -0.15) is 0 Å². The fraction of sp³-hybridized carbons (Fsp3) is 0.333. The minimum atomic E-state index is -2.31. The first-order valence-corrected chi connectivity index (χ1v) is 19.1. The maximum Gasteiger partial charge on any atom is 0.310 e. The van der Waals surface area contributed by atoms with Gasteiger partial charge in [-0.05, 0) is 98.5 Å². The fourth-order valence-corrected chi connectivity index (χ4v) is 6.09. The van der Waals surface area contributed by atoms with Gasteiger partial charge in [0.05, 0.1) is 0 Å². The van der Waals surface area contributed by atoms with Gasteiger partial charge in [-0.15, -0.1) is 0 Å². The van der Waals surface area contributed by atoms with E-state index in [2.05, 4.69) is 9.49 Å². The molecule has 0 aliphatic heterocycles. The minimum Gasteiger partial charge on any atom is -0.430 e. The standard InChI is InChI=1S/2C16H20NO2P.2C2H6/c2*1-13-7-5-9-15(11-13)18-20(4,17-3)19-16-10-6-8-14(2)12-16;2*1-2/h2*5-12H,1-4H3;2*1-2H3. The van der Waals surface area contributed by atoms with E-state index < -0.39 is 15.0 Å². The van der Waals surface area contributed by atoms with E-state index in [1.807, 2.05) is 166 Å². The highest BCUT2D eigenvalue weighted by Crippen LogP contribution is 2.49. The van der Waals surface area contributed by atoms with Gasteiger partial charge in [-0.3, -0.25) is 0 Å². The molecular formula is C36H52N2O4P2. The van der Waals surface area contributed by atoms with Crippen LogP contribution in [0.3, 0.4) is 0 Å². The zero-order valence-electron chi connectivity index (χ0n) is 28.7. The Labute approximate surface area is 267 Å². The van der Waals surface area contributed by atoms with Crippen LogP contribution in [-0.4, -0.2) is 27.4 Å². The highest BCUT2D eigenvalue weighted by Gasteiger charge is 2.18. The first-order chi connectivity index (χ1) is 21.0. The van der Waals surface area contributed by atoms with Gasteiger partial charge in [0.25, 0.3) is 0 Å². The van der Waals surface area contributed by atoms with Crippen LogP contribution >= 0.6 is 15.0 Å². The van der Waals surface area contributed by atoms with Gasteiger partial charge in [0.1, 0.15) is 23.0 Å². The van der Waals surface area contributed by atoms with Crippen LogP contribution in [0.5, 0.6) is 23.0 Å². The lowest BCUT2D eigenvalue weighted by molar-refractivity contribution is 0.479. The molecule has 0 amide bonds. The smallest absolute Gasteiger partial charge is 0.310 e. The average molecular weight is 639 g/mol. The third-order valence-electron chi connectivity index (χ3n) is 5.78. The van der Waals surface area contributed by atoms with Crippen molar-refractivity contribution in [2.75, 3.05) is 27.4 Å². The van der Waals surface area contributed by atoms with E-state index >= 15 is 0 Å². The molecule has 0 N–H and O–H groups in total. The van der Waals surface area contributed by atoms with Crippen LogP contribution in [0.2, 0.25) is 0 Å². The van der Waals surface area contributed by atoms with E-state index in [0.29, 0.717) is 0 Å². The molecule has 0 heterocycles. The molecule has 0 saturated carbocycles. The summed E-state index contributed by atoms with van der Waals surface area (Å²) in [4.78, 5) is 0. The van der Waals surface area contributed by atoms with Crippen LogP contribution in [0.25, 0.3) is 0 Å². The fourth-order valence-electron chi connectivity index (χ4n) is 3.67. The van der Waals surface area contributed by atoms with E-state index in [0.717, 1.165) is 45.3 Å². The Morgan fingerprint density at radius 3 is 0.773 bits per heavy atom. The van der Waals surface area contributed by atoms with Gasteiger partial charge in [0.15, 0.2) is 0 Å². The number of hydrogen-bond donors (Lipinski definition) is 0. The maximum absolute atomic E-state index is 6.00. The molecule has 0 aromatic heterocycles. The first-order valence-electron chi connectivity index (χ1n) is 15.0. The van der Waals surface area contributed by atoms with E-state index in [-0.39, 0.29) is 0 Å². The summed E-state index contributed by atoms with van der Waals surface area (Å²) in [6.07, 6.45) is 0. The molecule has 6 nitrogen and oxygen atoms in total. The summed E-state index contributed by atoms with van der Waals surface area (Å²) in [5.74, 6) is 3.16. The first kappa shape index (κ1) is 38.6. The lowest BCUT2D eigenvalue weighted by Gasteiger charge is -2.21. The molecule has 0 saturated heterocycles. The van der Waals surface area contributed by atoms with Crippen molar-refractivity contribution >= 4 is 15.0 Å². The largest absolute Gasteiger partial charge is 0.430 e. The Balaban J connectivity index is 0.000000395. The second-order valence-electron chi connectivity index (χ2n) is 9.64. The zero-order chi connectivity index (χ0) is 33.2. The van der Waals surface area contributed by atoms with Crippen molar-refractivity contribution in [1.82, 2.24) is 0 Å². The van der Waals surface area contributed by atoms with Gasteiger partial charge in [-0.1, -0.05) is 76.2 Å². The molecule has 0 aliphatic rings. The van der Waals surface area contributed by atoms with E-state index in [4.69, 9.17) is 18.1 Å². The Bertz CT molecular complexity index is 1320. The van der Waals surface area contributed by atoms with Crippen LogP contribution in [0.1, 0.15) is 49.9 Å². The molecule has 0 fully saturated rings. The van der Waals surface area contributed by atoms with Crippen molar-refractivity contribution in [3.05, 3.63) is 119 Å². The third-order valence-corrected chi connectivity index (χ3v) is 9.44. The molecular weight excluding hydrogens is 586 g/mol. The summed E-state index contributed by atoms with van der Waals surface area (Å²) in [5.41, 5.74) is 4.61. The predicted octanol–water partition coefficient (Wildman–Crippen LogP) is 12.2. The summed E-state index contributed by atoms with van der Waals surface area (Å²) in [6, 6.07) is 31.7. The van der Waals surface area contributed by atoms with Gasteiger partial charge >= 0.3 is 15.0 Å². The Hall–Kier alpha value is -3.46. The van der Waals surface area contributed by atoms with Crippen molar-refractivity contribution in [2.45, 2.75) is 55.4 Å². The summed E-state index contributed by atoms with van der Waals surface area (Å²) in [7, 11) is -1.15. The summed E-state index contributed by atoms with van der Waals surface area (Å²) in [6.45, 7) is 20.0. The van der Waals surface area contributed by atoms with Crippen LogP contribution in [0.15, 0.2) is 107 Å². The third kappa shape index (κ3) is 13.9. The van der Waals surface area contributed by atoms with Crippen molar-refractivity contribution < 1.29 is 18.1 Å². The molecule has 4 aromatic carbocycles. The van der Waals surface area contributed by atoms with Crippen LogP contribution in [0.4, 0.5) is 0 Å². The number of rotatable bonds is 8. The van der Waals surface area contributed by atoms with E-state index in [1.165, 1.54) is 0 Å². The molecule has 8 heteroatoms. The number of benzene rings is 4. The molecule has 0 radical (unpaired) electrons.